The van der Waals surface area contributed by atoms with Gasteiger partial charge in [-0.05, 0) is 11.1 Å². The minimum Gasteiger partial charge on any atom is -0.296 e. The Morgan fingerprint density at radius 3 is 2.15 bits per heavy atom. The lowest BCUT2D eigenvalue weighted by molar-refractivity contribution is 0.111. The molecule has 5 heteroatoms. The van der Waals surface area contributed by atoms with Crippen molar-refractivity contribution in [2.45, 2.75) is 26.2 Å². The van der Waals surface area contributed by atoms with E-state index in [0.29, 0.717) is 11.4 Å². The Morgan fingerprint density at radius 2 is 1.54 bits per heavy atom. The number of aromatic nitrogens is 3. The predicted octanol–water partition coefficient (Wildman–Crippen LogP) is 5.23. The molecular formula is C21H19N3OS. The molecule has 0 aliphatic heterocycles. The average Bonchev–Trinajstić information content (AvgIpc) is 3.20. The van der Waals surface area contributed by atoms with Crippen LogP contribution in [0.5, 0.6) is 0 Å². The average molecular weight is 361 g/mol. The minimum absolute atomic E-state index is 0.0665. The third-order valence-corrected chi connectivity index (χ3v) is 5.59. The van der Waals surface area contributed by atoms with Crippen LogP contribution in [0.25, 0.3) is 27.3 Å². The second-order valence-corrected chi connectivity index (χ2v) is 8.21. The molecule has 0 saturated heterocycles. The first kappa shape index (κ1) is 16.7. The fourth-order valence-corrected chi connectivity index (χ4v) is 3.80. The Hall–Kier alpha value is -2.79. The van der Waals surface area contributed by atoms with E-state index in [1.807, 2.05) is 30.3 Å². The number of carbonyl (C=O) groups excluding carboxylic acids is 1. The Kier molecular flexibility index (Phi) is 3.96. The first-order chi connectivity index (χ1) is 12.5. The summed E-state index contributed by atoms with van der Waals surface area (Å²) >= 11 is 1.53. The van der Waals surface area contributed by atoms with Crippen LogP contribution >= 0.6 is 11.3 Å². The highest BCUT2D eigenvalue weighted by atomic mass is 32.1. The number of fused-ring (bicyclic) bond motifs is 1. The van der Waals surface area contributed by atoms with Gasteiger partial charge in [0.2, 0.25) is 4.96 Å². The summed E-state index contributed by atoms with van der Waals surface area (Å²) in [7, 11) is 0. The van der Waals surface area contributed by atoms with Gasteiger partial charge in [0.25, 0.3) is 0 Å². The van der Waals surface area contributed by atoms with Crippen LogP contribution in [-0.4, -0.2) is 20.9 Å². The fraction of sp³-hybridized carbons (Fsp3) is 0.190. The van der Waals surface area contributed by atoms with Gasteiger partial charge in [-0.1, -0.05) is 86.7 Å². The zero-order valence-corrected chi connectivity index (χ0v) is 15.7. The molecule has 26 heavy (non-hydrogen) atoms. The molecule has 0 spiro atoms. The Labute approximate surface area is 156 Å². The van der Waals surface area contributed by atoms with E-state index < -0.39 is 0 Å². The first-order valence-corrected chi connectivity index (χ1v) is 9.30. The lowest BCUT2D eigenvalue weighted by Crippen LogP contribution is -2.11. The summed E-state index contributed by atoms with van der Waals surface area (Å²) in [5, 5.41) is 5.57. The van der Waals surface area contributed by atoms with E-state index in [9.17, 15) is 4.79 Å². The van der Waals surface area contributed by atoms with Gasteiger partial charge in [0.05, 0.1) is 0 Å². The van der Waals surface area contributed by atoms with E-state index in [1.165, 1.54) is 11.3 Å². The second kappa shape index (κ2) is 6.18. The second-order valence-electron chi connectivity index (χ2n) is 7.26. The van der Waals surface area contributed by atoms with Crippen molar-refractivity contribution in [3.8, 4) is 22.4 Å². The fourth-order valence-electron chi connectivity index (χ4n) is 2.84. The highest BCUT2D eigenvalue weighted by Crippen LogP contribution is 2.32. The molecule has 0 aliphatic rings. The van der Waals surface area contributed by atoms with Crippen molar-refractivity contribution in [3.63, 3.8) is 0 Å². The Morgan fingerprint density at radius 1 is 0.923 bits per heavy atom. The molecule has 0 bridgehead atoms. The lowest BCUT2D eigenvalue weighted by Gasteiger charge is -2.12. The van der Waals surface area contributed by atoms with E-state index in [0.717, 1.165) is 32.9 Å². The maximum absolute atomic E-state index is 11.7. The quantitative estimate of drug-likeness (QED) is 0.469. The molecule has 4 nitrogen and oxygen atoms in total. The molecule has 2 aromatic heterocycles. The molecule has 0 radical (unpaired) electrons. The van der Waals surface area contributed by atoms with Crippen LogP contribution < -0.4 is 0 Å². The zero-order valence-electron chi connectivity index (χ0n) is 14.9. The molecule has 4 rings (SSSR count). The SMILES string of the molecule is CC(C)(C)c1nn2c(C=O)c(-c3ccc(-c4ccccc4)cc3)nc2s1. The number of rotatable bonds is 3. The van der Waals surface area contributed by atoms with Crippen molar-refractivity contribution in [2.75, 3.05) is 0 Å². The molecule has 0 amide bonds. The number of aldehydes is 1. The summed E-state index contributed by atoms with van der Waals surface area (Å²) in [6.45, 7) is 6.32. The summed E-state index contributed by atoms with van der Waals surface area (Å²) < 4.78 is 1.67. The topological polar surface area (TPSA) is 47.3 Å². The van der Waals surface area contributed by atoms with E-state index in [4.69, 9.17) is 0 Å². The van der Waals surface area contributed by atoms with Crippen LogP contribution in [0, 0.1) is 0 Å². The third-order valence-electron chi connectivity index (χ3n) is 4.26. The van der Waals surface area contributed by atoms with Gasteiger partial charge in [0, 0.05) is 11.0 Å². The number of nitrogens with zero attached hydrogens (tertiary/aromatic N) is 3. The molecule has 2 aromatic carbocycles. The van der Waals surface area contributed by atoms with Gasteiger partial charge in [0.15, 0.2) is 6.29 Å². The zero-order chi connectivity index (χ0) is 18.3. The summed E-state index contributed by atoms with van der Waals surface area (Å²) in [5.74, 6) is 0. The number of imidazole rings is 1. The molecular weight excluding hydrogens is 342 g/mol. The number of hydrogen-bond acceptors (Lipinski definition) is 4. The molecule has 0 fully saturated rings. The Bertz CT molecular complexity index is 1070. The maximum atomic E-state index is 11.7. The van der Waals surface area contributed by atoms with Gasteiger partial charge in [-0.15, -0.1) is 0 Å². The van der Waals surface area contributed by atoms with Gasteiger partial charge in [-0.2, -0.15) is 9.61 Å². The summed E-state index contributed by atoms with van der Waals surface area (Å²) in [6, 6.07) is 18.3. The molecule has 4 aromatic rings. The largest absolute Gasteiger partial charge is 0.296 e. The van der Waals surface area contributed by atoms with Crippen molar-refractivity contribution in [3.05, 3.63) is 65.3 Å². The van der Waals surface area contributed by atoms with Crippen molar-refractivity contribution in [1.82, 2.24) is 14.6 Å². The van der Waals surface area contributed by atoms with Gasteiger partial charge < -0.3 is 0 Å². The molecule has 130 valence electrons. The normalized spacial score (nSPS) is 11.8. The summed E-state index contributed by atoms with van der Waals surface area (Å²) in [5.41, 5.74) is 4.33. The standard InChI is InChI=1S/C21H19N3OS/c1-21(2,3)19-23-24-17(13-25)18(22-20(24)26-19)16-11-9-15(10-12-16)14-7-5-4-6-8-14/h4-13H,1-3H3. The minimum atomic E-state index is -0.0665. The van der Waals surface area contributed by atoms with Gasteiger partial charge in [-0.3, -0.25) is 4.79 Å². The van der Waals surface area contributed by atoms with Crippen molar-refractivity contribution in [2.24, 2.45) is 0 Å². The maximum Gasteiger partial charge on any atom is 0.213 e. The van der Waals surface area contributed by atoms with Crippen molar-refractivity contribution in [1.29, 1.82) is 0 Å². The van der Waals surface area contributed by atoms with Crippen LogP contribution in [0.3, 0.4) is 0 Å². The predicted molar refractivity (Wildman–Crippen MR) is 106 cm³/mol. The van der Waals surface area contributed by atoms with Crippen LogP contribution in [-0.2, 0) is 5.41 Å². The number of benzene rings is 2. The third kappa shape index (κ3) is 2.84. The van der Waals surface area contributed by atoms with Gasteiger partial charge >= 0.3 is 0 Å². The molecule has 0 N–H and O–H groups in total. The van der Waals surface area contributed by atoms with E-state index in [2.05, 4.69) is 55.1 Å². The van der Waals surface area contributed by atoms with Crippen LogP contribution in [0.1, 0.15) is 36.3 Å². The van der Waals surface area contributed by atoms with Crippen LogP contribution in [0.15, 0.2) is 54.6 Å². The summed E-state index contributed by atoms with van der Waals surface area (Å²) in [4.78, 5) is 17.2. The number of hydrogen-bond donors (Lipinski definition) is 0. The smallest absolute Gasteiger partial charge is 0.213 e. The monoisotopic (exact) mass is 361 g/mol. The molecule has 0 unspecified atom stereocenters. The first-order valence-electron chi connectivity index (χ1n) is 8.48. The Balaban J connectivity index is 1.77. The van der Waals surface area contributed by atoms with E-state index in [-0.39, 0.29) is 5.41 Å². The molecule has 0 aliphatic carbocycles. The van der Waals surface area contributed by atoms with E-state index in [1.54, 1.807) is 4.52 Å². The summed E-state index contributed by atoms with van der Waals surface area (Å²) in [6.07, 6.45) is 0.840. The lowest BCUT2D eigenvalue weighted by atomic mass is 9.98. The van der Waals surface area contributed by atoms with Crippen molar-refractivity contribution < 1.29 is 4.79 Å². The van der Waals surface area contributed by atoms with Crippen LogP contribution in [0.4, 0.5) is 0 Å². The van der Waals surface area contributed by atoms with Gasteiger partial charge in [-0.25, -0.2) is 4.98 Å². The van der Waals surface area contributed by atoms with E-state index >= 15 is 0 Å². The number of carbonyl (C=O) groups is 1. The van der Waals surface area contributed by atoms with Gasteiger partial charge in [0.1, 0.15) is 16.4 Å². The highest BCUT2D eigenvalue weighted by molar-refractivity contribution is 7.16. The van der Waals surface area contributed by atoms with Crippen LogP contribution in [0.2, 0.25) is 0 Å². The molecule has 2 heterocycles. The molecule has 0 atom stereocenters. The molecule has 0 saturated carbocycles. The highest BCUT2D eigenvalue weighted by Gasteiger charge is 2.23. The van der Waals surface area contributed by atoms with Crippen molar-refractivity contribution >= 4 is 22.6 Å².